The van der Waals surface area contributed by atoms with Crippen LogP contribution in [0.4, 0.5) is 21.5 Å². The van der Waals surface area contributed by atoms with E-state index in [4.69, 9.17) is 0 Å². The summed E-state index contributed by atoms with van der Waals surface area (Å²) in [6.07, 6.45) is 1.08. The van der Waals surface area contributed by atoms with Crippen molar-refractivity contribution in [3.05, 3.63) is 54.3 Å². The van der Waals surface area contributed by atoms with Gasteiger partial charge in [-0.2, -0.15) is 0 Å². The van der Waals surface area contributed by atoms with Crippen molar-refractivity contribution in [2.45, 2.75) is 6.42 Å². The Balaban J connectivity index is 1.92. The predicted octanol–water partition coefficient (Wildman–Crippen LogP) is 5.13. The lowest BCUT2D eigenvalue weighted by molar-refractivity contribution is 0.628. The number of fused-ring (bicyclic) bond motifs is 1. The summed E-state index contributed by atoms with van der Waals surface area (Å²) in [5.74, 6) is -0.206. The van der Waals surface area contributed by atoms with E-state index in [-0.39, 0.29) is 5.82 Å². The molecular weight excluding hydrogens is 339 g/mol. The number of halogens is 2. The highest BCUT2D eigenvalue weighted by Crippen LogP contribution is 2.48. The van der Waals surface area contributed by atoms with Crippen molar-refractivity contribution in [2.75, 3.05) is 20.5 Å². The fourth-order valence-corrected chi connectivity index (χ4v) is 3.52. The minimum Gasteiger partial charge on any atom is -0.296 e. The van der Waals surface area contributed by atoms with Crippen LogP contribution >= 0.6 is 28.1 Å². The van der Waals surface area contributed by atoms with Gasteiger partial charge >= 0.3 is 0 Å². The van der Waals surface area contributed by atoms with Gasteiger partial charge in [-0.1, -0.05) is 28.1 Å². The number of hydrogen-bond acceptors (Lipinski definition) is 3. The third-order valence-corrected chi connectivity index (χ3v) is 4.81. The van der Waals surface area contributed by atoms with Crippen LogP contribution in [0.3, 0.4) is 0 Å². The molecular formula is C15H14BrFN2S. The summed E-state index contributed by atoms with van der Waals surface area (Å²) < 4.78 is 17.5. The van der Waals surface area contributed by atoms with E-state index in [0.29, 0.717) is 0 Å². The van der Waals surface area contributed by atoms with Crippen LogP contribution in [-0.2, 0) is 0 Å². The molecule has 3 rings (SSSR count). The van der Waals surface area contributed by atoms with Crippen molar-refractivity contribution in [1.29, 1.82) is 0 Å². The molecule has 20 heavy (non-hydrogen) atoms. The second-order valence-electron chi connectivity index (χ2n) is 4.49. The molecule has 0 aromatic heterocycles. The number of nitrogens with zero attached hydrogens (tertiary/aromatic N) is 2. The Morgan fingerprint density at radius 1 is 1.00 bits per heavy atom. The second-order valence-corrected chi connectivity index (χ2v) is 6.25. The van der Waals surface area contributed by atoms with Crippen molar-refractivity contribution >= 4 is 45.1 Å². The Morgan fingerprint density at radius 3 is 2.40 bits per heavy atom. The first kappa shape index (κ1) is 13.8. The third-order valence-electron chi connectivity index (χ3n) is 3.11. The second kappa shape index (κ2) is 6.06. The van der Waals surface area contributed by atoms with Gasteiger partial charge in [0, 0.05) is 11.9 Å². The molecule has 0 radical (unpaired) electrons. The van der Waals surface area contributed by atoms with Gasteiger partial charge in [0.2, 0.25) is 0 Å². The van der Waals surface area contributed by atoms with Crippen LogP contribution in [0.1, 0.15) is 6.42 Å². The SMILES string of the molecule is Fc1ccc(N2SN(CCCBr)c3ccccc32)cc1. The van der Waals surface area contributed by atoms with Crippen molar-refractivity contribution in [3.8, 4) is 0 Å². The summed E-state index contributed by atoms with van der Waals surface area (Å²) in [6, 6.07) is 14.9. The van der Waals surface area contributed by atoms with Crippen molar-refractivity contribution < 1.29 is 4.39 Å². The van der Waals surface area contributed by atoms with Crippen molar-refractivity contribution in [2.24, 2.45) is 0 Å². The lowest BCUT2D eigenvalue weighted by Gasteiger charge is -2.19. The van der Waals surface area contributed by atoms with E-state index in [1.165, 1.54) is 17.8 Å². The molecule has 104 valence electrons. The molecule has 0 aliphatic carbocycles. The van der Waals surface area contributed by atoms with Crippen LogP contribution in [0.2, 0.25) is 0 Å². The summed E-state index contributed by atoms with van der Waals surface area (Å²) in [7, 11) is 0. The maximum Gasteiger partial charge on any atom is 0.123 e. The Morgan fingerprint density at radius 2 is 1.70 bits per heavy atom. The Bertz CT molecular complexity index is 591. The molecule has 0 spiro atoms. The number of rotatable bonds is 4. The van der Waals surface area contributed by atoms with Gasteiger partial charge in [-0.15, -0.1) is 0 Å². The molecule has 0 fully saturated rings. The first-order chi connectivity index (χ1) is 9.79. The zero-order valence-corrected chi connectivity index (χ0v) is 13.2. The maximum atomic E-state index is 13.1. The average Bonchev–Trinajstić information content (AvgIpc) is 2.85. The molecule has 0 unspecified atom stereocenters. The molecule has 0 saturated heterocycles. The van der Waals surface area contributed by atoms with E-state index in [2.05, 4.69) is 42.7 Å². The van der Waals surface area contributed by atoms with E-state index >= 15 is 0 Å². The van der Waals surface area contributed by atoms with Crippen LogP contribution in [-0.4, -0.2) is 11.9 Å². The van der Waals surface area contributed by atoms with Gasteiger partial charge in [0.05, 0.1) is 29.2 Å². The quantitative estimate of drug-likeness (QED) is 0.556. The zero-order valence-electron chi connectivity index (χ0n) is 10.8. The van der Waals surface area contributed by atoms with E-state index in [1.54, 1.807) is 12.1 Å². The van der Waals surface area contributed by atoms with Gasteiger partial charge < -0.3 is 0 Å². The molecule has 2 aromatic rings. The minimum atomic E-state index is -0.206. The van der Waals surface area contributed by atoms with Gasteiger partial charge in [-0.3, -0.25) is 8.61 Å². The molecule has 5 heteroatoms. The van der Waals surface area contributed by atoms with Crippen LogP contribution in [0, 0.1) is 5.82 Å². The molecule has 1 heterocycles. The summed E-state index contributed by atoms with van der Waals surface area (Å²) in [4.78, 5) is 0. The third kappa shape index (κ3) is 2.65. The van der Waals surface area contributed by atoms with E-state index in [0.717, 1.165) is 29.7 Å². The zero-order chi connectivity index (χ0) is 13.9. The predicted molar refractivity (Wildman–Crippen MR) is 88.3 cm³/mol. The molecule has 1 aliphatic rings. The largest absolute Gasteiger partial charge is 0.296 e. The number of para-hydroxylation sites is 2. The van der Waals surface area contributed by atoms with Gasteiger partial charge in [0.1, 0.15) is 5.82 Å². The lowest BCUT2D eigenvalue weighted by atomic mass is 10.2. The fourth-order valence-electron chi connectivity index (χ4n) is 2.16. The van der Waals surface area contributed by atoms with Gasteiger partial charge in [0.25, 0.3) is 0 Å². The molecule has 0 atom stereocenters. The smallest absolute Gasteiger partial charge is 0.123 e. The maximum absolute atomic E-state index is 13.1. The highest BCUT2D eigenvalue weighted by atomic mass is 79.9. The monoisotopic (exact) mass is 352 g/mol. The van der Waals surface area contributed by atoms with Crippen LogP contribution in [0.15, 0.2) is 48.5 Å². The summed E-state index contributed by atoms with van der Waals surface area (Å²) >= 11 is 5.14. The first-order valence-corrected chi connectivity index (χ1v) is 8.31. The van der Waals surface area contributed by atoms with E-state index in [9.17, 15) is 4.39 Å². The van der Waals surface area contributed by atoms with Crippen molar-refractivity contribution in [3.63, 3.8) is 0 Å². The standard InChI is InChI=1S/C15H14BrFN2S/c16-10-3-11-18-14-4-1-2-5-15(14)19(20-18)13-8-6-12(17)7-9-13/h1-2,4-9H,3,10-11H2. The topological polar surface area (TPSA) is 6.48 Å². The fraction of sp³-hybridized carbons (Fsp3) is 0.200. The van der Waals surface area contributed by atoms with Crippen molar-refractivity contribution in [1.82, 2.24) is 0 Å². The molecule has 0 N–H and O–H groups in total. The molecule has 2 aromatic carbocycles. The summed E-state index contributed by atoms with van der Waals surface area (Å²) in [5.41, 5.74) is 3.35. The number of alkyl halides is 1. The van der Waals surface area contributed by atoms with Gasteiger partial charge in [-0.25, -0.2) is 4.39 Å². The van der Waals surface area contributed by atoms with E-state index < -0.39 is 0 Å². The Kier molecular flexibility index (Phi) is 4.17. The Hall–Kier alpha value is -1.20. The molecule has 0 amide bonds. The molecule has 1 aliphatic heterocycles. The first-order valence-electron chi connectivity index (χ1n) is 6.46. The molecule has 0 saturated carbocycles. The van der Waals surface area contributed by atoms with Gasteiger partial charge in [0.15, 0.2) is 0 Å². The molecule has 0 bridgehead atoms. The number of benzene rings is 2. The van der Waals surface area contributed by atoms with E-state index in [1.807, 2.05) is 18.2 Å². The minimum absolute atomic E-state index is 0.206. The van der Waals surface area contributed by atoms with Gasteiger partial charge in [-0.05, 0) is 42.8 Å². The number of hydrogen-bond donors (Lipinski definition) is 0. The highest BCUT2D eigenvalue weighted by molar-refractivity contribution is 9.09. The summed E-state index contributed by atoms with van der Waals surface area (Å²) in [6.45, 7) is 0.977. The molecule has 2 nitrogen and oxygen atoms in total. The highest BCUT2D eigenvalue weighted by Gasteiger charge is 2.27. The average molecular weight is 353 g/mol. The number of anilines is 3. The Labute approximate surface area is 131 Å². The summed E-state index contributed by atoms with van der Waals surface area (Å²) in [5, 5.41) is 0.989. The van der Waals surface area contributed by atoms with Crippen LogP contribution in [0.5, 0.6) is 0 Å². The van der Waals surface area contributed by atoms with Crippen LogP contribution in [0.25, 0.3) is 0 Å². The van der Waals surface area contributed by atoms with Crippen LogP contribution < -0.4 is 8.61 Å². The lowest BCUT2D eigenvalue weighted by Crippen LogP contribution is -2.15. The normalized spacial score (nSPS) is 13.7.